The summed E-state index contributed by atoms with van der Waals surface area (Å²) in [6, 6.07) is 7.89. The average molecular weight is 377 g/mol. The van der Waals surface area contributed by atoms with E-state index < -0.39 is 24.0 Å². The third-order valence-corrected chi connectivity index (χ3v) is 4.78. The molecule has 26 heavy (non-hydrogen) atoms. The second-order valence-electron chi connectivity index (χ2n) is 7.31. The third kappa shape index (κ3) is 4.78. The Morgan fingerprint density at radius 2 is 2.08 bits per heavy atom. The number of rotatable bonds is 4. The van der Waals surface area contributed by atoms with Crippen molar-refractivity contribution in [1.29, 1.82) is 0 Å². The highest BCUT2D eigenvalue weighted by molar-refractivity contribution is 7.09. The number of aliphatic hydroxyl groups excluding tert-OH is 1. The number of nitrogens with zero attached hydrogens (tertiary/aromatic N) is 2. The van der Waals surface area contributed by atoms with Crippen molar-refractivity contribution in [2.75, 3.05) is 6.54 Å². The van der Waals surface area contributed by atoms with E-state index in [1.165, 1.54) is 11.5 Å². The van der Waals surface area contributed by atoms with E-state index in [2.05, 4.69) is 14.9 Å². The molecule has 1 aliphatic heterocycles. The molecule has 0 amide bonds. The molecule has 0 bridgehead atoms. The van der Waals surface area contributed by atoms with Gasteiger partial charge in [-0.15, -0.1) is 5.10 Å². The Bertz CT molecular complexity index is 728. The summed E-state index contributed by atoms with van der Waals surface area (Å²) in [7, 11) is 0. The number of benzene rings is 1. The summed E-state index contributed by atoms with van der Waals surface area (Å²) in [5.74, 6) is 0. The van der Waals surface area contributed by atoms with E-state index in [0.29, 0.717) is 13.0 Å². The minimum atomic E-state index is -0.784. The molecule has 0 saturated carbocycles. The highest BCUT2D eigenvalue weighted by Crippen LogP contribution is 2.23. The van der Waals surface area contributed by atoms with Crippen LogP contribution in [0.15, 0.2) is 30.5 Å². The number of hydrogen-bond donors (Lipinski definition) is 2. The van der Waals surface area contributed by atoms with E-state index in [-0.39, 0.29) is 6.04 Å². The van der Waals surface area contributed by atoms with Crippen molar-refractivity contribution in [2.24, 2.45) is 0 Å². The summed E-state index contributed by atoms with van der Waals surface area (Å²) < 4.78 is 14.3. The summed E-state index contributed by atoms with van der Waals surface area (Å²) in [4.78, 5) is 12.8. The first kappa shape index (κ1) is 18.8. The number of aliphatic hydroxyl groups is 1. The van der Waals surface area contributed by atoms with Crippen LogP contribution in [0.5, 0.6) is 0 Å². The van der Waals surface area contributed by atoms with Crippen LogP contribution in [-0.4, -0.2) is 51.2 Å². The van der Waals surface area contributed by atoms with E-state index in [4.69, 9.17) is 9.47 Å². The predicted octanol–water partition coefficient (Wildman–Crippen LogP) is 2.40. The zero-order valence-corrected chi connectivity index (χ0v) is 15.8. The van der Waals surface area contributed by atoms with E-state index in [9.17, 15) is 9.90 Å². The number of nitrogens with one attached hydrogen (secondary N) is 1. The summed E-state index contributed by atoms with van der Waals surface area (Å²) in [5.41, 5.74) is 1.53. The van der Waals surface area contributed by atoms with Crippen molar-refractivity contribution in [3.05, 3.63) is 36.0 Å². The second-order valence-corrected chi connectivity index (χ2v) is 8.09. The van der Waals surface area contributed by atoms with Crippen LogP contribution in [-0.2, 0) is 15.9 Å². The molecule has 1 fully saturated rings. The molecule has 3 atom stereocenters. The van der Waals surface area contributed by atoms with Crippen molar-refractivity contribution in [3.63, 3.8) is 0 Å². The van der Waals surface area contributed by atoms with Gasteiger partial charge in [0.05, 0.1) is 11.1 Å². The van der Waals surface area contributed by atoms with Gasteiger partial charge < -0.3 is 19.9 Å². The zero-order chi connectivity index (χ0) is 18.7. The molecule has 1 aromatic heterocycles. The summed E-state index contributed by atoms with van der Waals surface area (Å²) in [6.45, 7) is 5.71. The van der Waals surface area contributed by atoms with E-state index in [1.54, 1.807) is 27.0 Å². The van der Waals surface area contributed by atoms with Crippen LogP contribution in [0, 0.1) is 0 Å². The predicted molar refractivity (Wildman–Crippen MR) is 98.0 cm³/mol. The third-order valence-electron chi connectivity index (χ3n) is 4.07. The molecule has 2 N–H and O–H groups in total. The van der Waals surface area contributed by atoms with Gasteiger partial charge in [0.15, 0.2) is 0 Å². The quantitative estimate of drug-likeness (QED) is 0.790. The highest BCUT2D eigenvalue weighted by atomic mass is 32.1. The minimum Gasteiger partial charge on any atom is -0.429 e. The van der Waals surface area contributed by atoms with Crippen LogP contribution in [0.1, 0.15) is 26.3 Å². The first-order valence-electron chi connectivity index (χ1n) is 8.49. The summed E-state index contributed by atoms with van der Waals surface area (Å²) >= 11 is 1.35. The summed E-state index contributed by atoms with van der Waals surface area (Å²) in [6.07, 6.45) is 0.216. The van der Waals surface area contributed by atoms with E-state index in [1.807, 2.05) is 24.3 Å². The maximum absolute atomic E-state index is 11.8. The fourth-order valence-corrected chi connectivity index (χ4v) is 3.34. The maximum atomic E-state index is 11.8. The normalized spacial score (nSPS) is 23.0. The van der Waals surface area contributed by atoms with Crippen molar-refractivity contribution in [2.45, 2.75) is 51.0 Å². The van der Waals surface area contributed by atoms with Gasteiger partial charge in [0.1, 0.15) is 17.8 Å². The molecule has 2 aromatic rings. The Hall–Kier alpha value is -2.03. The first-order chi connectivity index (χ1) is 12.3. The lowest BCUT2D eigenvalue weighted by Gasteiger charge is -2.22. The molecule has 0 radical (unpaired) electrons. The Morgan fingerprint density at radius 3 is 2.69 bits per heavy atom. The molecule has 0 aliphatic carbocycles. The molecule has 8 heteroatoms. The highest BCUT2D eigenvalue weighted by Gasteiger charge is 2.37. The van der Waals surface area contributed by atoms with Gasteiger partial charge in [0.25, 0.3) is 0 Å². The molecular weight excluding hydrogens is 354 g/mol. The second kappa shape index (κ2) is 7.69. The van der Waals surface area contributed by atoms with Gasteiger partial charge >= 0.3 is 6.16 Å². The van der Waals surface area contributed by atoms with Crippen LogP contribution in [0.4, 0.5) is 4.79 Å². The zero-order valence-electron chi connectivity index (χ0n) is 15.0. The summed E-state index contributed by atoms with van der Waals surface area (Å²) in [5, 5.41) is 17.5. The molecule has 0 spiro atoms. The van der Waals surface area contributed by atoms with Crippen molar-refractivity contribution >= 4 is 17.7 Å². The molecule has 140 valence electrons. The molecule has 2 heterocycles. The number of carbonyl (C=O) groups is 1. The number of aromatic nitrogens is 2. The van der Waals surface area contributed by atoms with Crippen LogP contribution in [0.3, 0.4) is 0 Å². The minimum absolute atomic E-state index is 0.182. The Labute approximate surface area is 156 Å². The van der Waals surface area contributed by atoms with Crippen molar-refractivity contribution in [3.8, 4) is 10.4 Å². The van der Waals surface area contributed by atoms with Gasteiger partial charge in [-0.3, -0.25) is 0 Å². The number of ether oxygens (including phenoxy) is 2. The van der Waals surface area contributed by atoms with Crippen LogP contribution in [0.25, 0.3) is 10.4 Å². The smallest absolute Gasteiger partial charge is 0.429 e. The largest absolute Gasteiger partial charge is 0.509 e. The Balaban J connectivity index is 1.55. The standard InChI is InChI=1S/C18H23N3O4S/c1-18(2,3)25-17(23)24-14-9-19-13(16(14)22)8-11-4-6-12(7-5-11)15-10-20-21-26-15/h4-7,10,13-14,16,19,22H,8-9H2,1-3H3/t13-,14?,16+/m1/s1. The van der Waals surface area contributed by atoms with Gasteiger partial charge in [-0.05, 0) is 49.9 Å². The van der Waals surface area contributed by atoms with Crippen LogP contribution in [0.2, 0.25) is 0 Å². The SMILES string of the molecule is CC(C)(C)OC(=O)OC1CN[C@H](Cc2ccc(-c3cnns3)cc2)[C@@H]1O. The molecule has 3 rings (SSSR count). The Morgan fingerprint density at radius 1 is 1.35 bits per heavy atom. The molecule has 1 unspecified atom stereocenters. The fourth-order valence-electron chi connectivity index (χ4n) is 2.82. The maximum Gasteiger partial charge on any atom is 0.509 e. The topological polar surface area (TPSA) is 93.6 Å². The Kier molecular flexibility index (Phi) is 5.55. The molecule has 7 nitrogen and oxygen atoms in total. The molecule has 1 saturated heterocycles. The van der Waals surface area contributed by atoms with Gasteiger partial charge in [-0.1, -0.05) is 28.8 Å². The fraction of sp³-hybridized carbons (Fsp3) is 0.500. The average Bonchev–Trinajstić information content (AvgIpc) is 3.20. The van der Waals surface area contributed by atoms with Crippen molar-refractivity contribution in [1.82, 2.24) is 14.9 Å². The van der Waals surface area contributed by atoms with E-state index in [0.717, 1.165) is 16.0 Å². The lowest BCUT2D eigenvalue weighted by molar-refractivity contribution is -0.0486. The van der Waals surface area contributed by atoms with E-state index >= 15 is 0 Å². The van der Waals surface area contributed by atoms with Crippen LogP contribution < -0.4 is 5.32 Å². The first-order valence-corrected chi connectivity index (χ1v) is 9.27. The van der Waals surface area contributed by atoms with Crippen LogP contribution >= 0.6 is 11.5 Å². The molecule has 1 aromatic carbocycles. The van der Waals surface area contributed by atoms with Gasteiger partial charge in [0.2, 0.25) is 0 Å². The van der Waals surface area contributed by atoms with Crippen molar-refractivity contribution < 1.29 is 19.4 Å². The van der Waals surface area contributed by atoms with Gasteiger partial charge in [-0.2, -0.15) is 0 Å². The van der Waals surface area contributed by atoms with Gasteiger partial charge in [0, 0.05) is 12.6 Å². The molecule has 1 aliphatic rings. The lowest BCUT2D eigenvalue weighted by atomic mass is 10.0. The van der Waals surface area contributed by atoms with Gasteiger partial charge in [-0.25, -0.2) is 4.79 Å². The molecular formula is C18H23N3O4S. The monoisotopic (exact) mass is 377 g/mol. The lowest BCUT2D eigenvalue weighted by Crippen LogP contribution is -2.37. The number of carbonyl (C=O) groups excluding carboxylic acids is 1. The number of hydrogen-bond acceptors (Lipinski definition) is 8.